The molecule has 0 aliphatic carbocycles. The summed E-state index contributed by atoms with van der Waals surface area (Å²) in [6.45, 7) is 1.87. The predicted octanol–water partition coefficient (Wildman–Crippen LogP) is 2.93. The van der Waals surface area contributed by atoms with Crippen LogP contribution in [0.5, 0.6) is 11.5 Å². The second-order valence-electron chi connectivity index (χ2n) is 3.78. The number of benzene rings is 2. The second-order valence-corrected chi connectivity index (χ2v) is 3.78. The Morgan fingerprint density at radius 1 is 1.29 bits per heavy atom. The average molecular weight is 230 g/mol. The first-order valence-electron chi connectivity index (χ1n) is 5.22. The number of phenols is 2. The molecular weight excluding hydrogens is 219 g/mol. The Bertz CT molecular complexity index is 639. The van der Waals surface area contributed by atoms with Crippen molar-refractivity contribution in [2.24, 2.45) is 0 Å². The maximum atomic E-state index is 13.6. The van der Waals surface area contributed by atoms with Crippen molar-refractivity contribution in [3.05, 3.63) is 35.1 Å². The number of fused-ring (bicyclic) bond motifs is 1. The van der Waals surface area contributed by atoms with Crippen LogP contribution in [0.3, 0.4) is 0 Å². The lowest BCUT2D eigenvalue weighted by molar-refractivity contribution is 0.468. The summed E-state index contributed by atoms with van der Waals surface area (Å²) < 4.78 is 13.6. The molecule has 0 bridgehead atoms. The van der Waals surface area contributed by atoms with Crippen molar-refractivity contribution in [2.45, 2.75) is 13.3 Å². The Morgan fingerprint density at radius 3 is 2.59 bits per heavy atom. The van der Waals surface area contributed by atoms with E-state index in [9.17, 15) is 14.6 Å². The van der Waals surface area contributed by atoms with Gasteiger partial charge in [-0.15, -0.1) is 6.42 Å². The lowest BCUT2D eigenvalue weighted by atomic mass is 9.96. The van der Waals surface area contributed by atoms with Gasteiger partial charge in [0.1, 0.15) is 17.3 Å². The number of halogens is 1. The molecule has 0 aromatic heterocycles. The van der Waals surface area contributed by atoms with E-state index in [2.05, 4.69) is 5.92 Å². The standard InChI is InChI=1S/C14H11FO2/c1-3-8-5-9(16)6-11-13(17)7-12(15)10(4-2)14(8)11/h2,5-7,16-17H,3H2,1H3. The van der Waals surface area contributed by atoms with Gasteiger partial charge in [-0.25, -0.2) is 4.39 Å². The Morgan fingerprint density at radius 2 is 2.00 bits per heavy atom. The van der Waals surface area contributed by atoms with Crippen LogP contribution < -0.4 is 0 Å². The van der Waals surface area contributed by atoms with E-state index in [1.165, 1.54) is 12.1 Å². The molecule has 3 heteroatoms. The molecule has 0 saturated heterocycles. The molecule has 0 radical (unpaired) electrons. The zero-order chi connectivity index (χ0) is 12.6. The maximum Gasteiger partial charge on any atom is 0.143 e. The summed E-state index contributed by atoms with van der Waals surface area (Å²) in [4.78, 5) is 0. The maximum absolute atomic E-state index is 13.6. The molecule has 2 aromatic carbocycles. The minimum Gasteiger partial charge on any atom is -0.508 e. The van der Waals surface area contributed by atoms with Crippen LogP contribution in [-0.2, 0) is 6.42 Å². The molecule has 86 valence electrons. The predicted molar refractivity (Wildman–Crippen MR) is 64.5 cm³/mol. The number of terminal acetylenes is 1. The number of rotatable bonds is 1. The van der Waals surface area contributed by atoms with Gasteiger partial charge in [0.25, 0.3) is 0 Å². The first kappa shape index (κ1) is 11.3. The minimum absolute atomic E-state index is 0.0271. The van der Waals surface area contributed by atoms with Gasteiger partial charge in [-0.1, -0.05) is 12.8 Å². The Labute approximate surface area is 98.3 Å². The molecule has 2 N–H and O–H groups in total. The van der Waals surface area contributed by atoms with Crippen molar-refractivity contribution in [1.82, 2.24) is 0 Å². The van der Waals surface area contributed by atoms with Crippen LogP contribution in [0.15, 0.2) is 18.2 Å². The van der Waals surface area contributed by atoms with E-state index in [0.29, 0.717) is 22.8 Å². The summed E-state index contributed by atoms with van der Waals surface area (Å²) in [5, 5.41) is 20.1. The van der Waals surface area contributed by atoms with Crippen LogP contribution in [0.1, 0.15) is 18.1 Å². The number of aryl methyl sites for hydroxylation is 1. The fourth-order valence-corrected chi connectivity index (χ4v) is 1.99. The number of hydrogen-bond donors (Lipinski definition) is 2. The van der Waals surface area contributed by atoms with Crippen LogP contribution in [-0.4, -0.2) is 10.2 Å². The molecule has 0 saturated carbocycles. The lowest BCUT2D eigenvalue weighted by Crippen LogP contribution is -1.92. The van der Waals surface area contributed by atoms with Crippen LogP contribution in [0.25, 0.3) is 10.8 Å². The summed E-state index contributed by atoms with van der Waals surface area (Å²) >= 11 is 0. The van der Waals surface area contributed by atoms with Gasteiger partial charge in [0.2, 0.25) is 0 Å². The zero-order valence-corrected chi connectivity index (χ0v) is 9.29. The third kappa shape index (κ3) is 1.68. The molecule has 0 fully saturated rings. The summed E-state index contributed by atoms with van der Waals surface area (Å²) in [5.41, 5.74) is 0.831. The van der Waals surface area contributed by atoms with Crippen molar-refractivity contribution in [2.75, 3.05) is 0 Å². The van der Waals surface area contributed by atoms with Gasteiger partial charge in [0.05, 0.1) is 5.56 Å². The summed E-state index contributed by atoms with van der Waals surface area (Å²) in [7, 11) is 0. The minimum atomic E-state index is -0.627. The fourth-order valence-electron chi connectivity index (χ4n) is 1.99. The molecule has 2 aromatic rings. The van der Waals surface area contributed by atoms with Gasteiger partial charge in [-0.3, -0.25) is 0 Å². The molecule has 0 spiro atoms. The van der Waals surface area contributed by atoms with E-state index in [1.54, 1.807) is 0 Å². The van der Waals surface area contributed by atoms with E-state index >= 15 is 0 Å². The topological polar surface area (TPSA) is 40.5 Å². The average Bonchev–Trinajstić information content (AvgIpc) is 2.29. The van der Waals surface area contributed by atoms with E-state index in [0.717, 1.165) is 6.07 Å². The highest BCUT2D eigenvalue weighted by Crippen LogP contribution is 2.35. The smallest absolute Gasteiger partial charge is 0.143 e. The van der Waals surface area contributed by atoms with E-state index in [4.69, 9.17) is 6.42 Å². The van der Waals surface area contributed by atoms with E-state index in [-0.39, 0.29) is 17.1 Å². The molecule has 2 rings (SSSR count). The fraction of sp³-hybridized carbons (Fsp3) is 0.143. The molecule has 0 unspecified atom stereocenters. The molecule has 2 nitrogen and oxygen atoms in total. The second kappa shape index (κ2) is 3.99. The van der Waals surface area contributed by atoms with Gasteiger partial charge in [-0.05, 0) is 24.1 Å². The van der Waals surface area contributed by atoms with Crippen LogP contribution in [0.4, 0.5) is 4.39 Å². The van der Waals surface area contributed by atoms with Crippen molar-refractivity contribution in [3.8, 4) is 23.8 Å². The van der Waals surface area contributed by atoms with E-state index in [1.807, 2.05) is 6.92 Å². The first-order valence-corrected chi connectivity index (χ1v) is 5.22. The quantitative estimate of drug-likeness (QED) is 0.739. The van der Waals surface area contributed by atoms with Gasteiger partial charge in [-0.2, -0.15) is 0 Å². The molecular formula is C14H11FO2. The summed E-state index contributed by atoms with van der Waals surface area (Å²) in [6, 6.07) is 3.88. The van der Waals surface area contributed by atoms with Crippen molar-refractivity contribution in [3.63, 3.8) is 0 Å². The van der Waals surface area contributed by atoms with Crippen LogP contribution >= 0.6 is 0 Å². The molecule has 0 amide bonds. The first-order chi connectivity index (χ1) is 8.08. The largest absolute Gasteiger partial charge is 0.508 e. The van der Waals surface area contributed by atoms with Crippen molar-refractivity contribution in [1.29, 1.82) is 0 Å². The highest BCUT2D eigenvalue weighted by molar-refractivity contribution is 5.96. The van der Waals surface area contributed by atoms with Gasteiger partial charge < -0.3 is 10.2 Å². The lowest BCUT2D eigenvalue weighted by Gasteiger charge is -2.10. The zero-order valence-electron chi connectivity index (χ0n) is 9.29. The van der Waals surface area contributed by atoms with Crippen LogP contribution in [0, 0.1) is 18.2 Å². The highest BCUT2D eigenvalue weighted by atomic mass is 19.1. The third-order valence-corrected chi connectivity index (χ3v) is 2.76. The molecule has 17 heavy (non-hydrogen) atoms. The molecule has 0 aliphatic rings. The molecule has 0 atom stereocenters. The van der Waals surface area contributed by atoms with Gasteiger partial charge >= 0.3 is 0 Å². The summed E-state index contributed by atoms with van der Waals surface area (Å²) in [6.07, 6.45) is 5.88. The summed E-state index contributed by atoms with van der Waals surface area (Å²) in [5.74, 6) is 1.47. The highest BCUT2D eigenvalue weighted by Gasteiger charge is 2.14. The van der Waals surface area contributed by atoms with E-state index < -0.39 is 5.82 Å². The van der Waals surface area contributed by atoms with Crippen molar-refractivity contribution < 1.29 is 14.6 Å². The van der Waals surface area contributed by atoms with Gasteiger partial charge in [0.15, 0.2) is 0 Å². The molecule has 0 heterocycles. The van der Waals surface area contributed by atoms with Gasteiger partial charge in [0, 0.05) is 16.8 Å². The number of aromatic hydroxyl groups is 2. The number of phenolic OH excluding ortho intramolecular Hbond substituents is 2. The Balaban J connectivity index is 3.05. The van der Waals surface area contributed by atoms with Crippen molar-refractivity contribution >= 4 is 10.8 Å². The van der Waals surface area contributed by atoms with Crippen LogP contribution in [0.2, 0.25) is 0 Å². The normalized spacial score (nSPS) is 10.4. The SMILES string of the molecule is C#Cc1c(F)cc(O)c2cc(O)cc(CC)c12. The Hall–Kier alpha value is -2.21. The number of hydrogen-bond acceptors (Lipinski definition) is 2. The Kier molecular flexibility index (Phi) is 2.64. The monoisotopic (exact) mass is 230 g/mol. The molecule has 0 aliphatic heterocycles. The third-order valence-electron chi connectivity index (χ3n) is 2.76.